The zero-order chi connectivity index (χ0) is 13.1. The number of nitrogens with zero attached hydrogens (tertiary/aromatic N) is 2. The van der Waals surface area contributed by atoms with Gasteiger partial charge in [0, 0.05) is 23.4 Å². The molecule has 0 fully saturated rings. The standard InChI is InChI=1S/C13H20N2O2/c1-10(16)11-6-7-12(14-8-11)17-9-13(2,3)15(4)5/h6-8H,9H2,1-5H3. The number of Topliss-reactive ketones (excluding diaryl/α,β-unsaturated/α-hetero) is 1. The molecule has 0 bridgehead atoms. The lowest BCUT2D eigenvalue weighted by molar-refractivity contribution is 0.101. The second-order valence-electron chi connectivity index (χ2n) is 4.94. The van der Waals surface area contributed by atoms with E-state index in [0.29, 0.717) is 18.1 Å². The number of pyridine rings is 1. The minimum absolute atomic E-state index is 0.0117. The van der Waals surface area contributed by atoms with Crippen LogP contribution in [0.3, 0.4) is 0 Å². The number of carbonyl (C=O) groups excluding carboxylic acids is 1. The molecule has 1 aromatic heterocycles. The molecule has 4 nitrogen and oxygen atoms in total. The Morgan fingerprint density at radius 1 is 1.41 bits per heavy atom. The van der Waals surface area contributed by atoms with Crippen molar-refractivity contribution in [2.45, 2.75) is 26.3 Å². The maximum absolute atomic E-state index is 11.1. The molecule has 1 rings (SSSR count). The van der Waals surface area contributed by atoms with Gasteiger partial charge in [-0.15, -0.1) is 0 Å². The third-order valence-corrected chi connectivity index (χ3v) is 2.93. The van der Waals surface area contributed by atoms with Gasteiger partial charge in [-0.1, -0.05) is 0 Å². The number of carbonyl (C=O) groups is 1. The highest BCUT2D eigenvalue weighted by Gasteiger charge is 2.21. The molecule has 0 atom stereocenters. The SMILES string of the molecule is CC(=O)c1ccc(OCC(C)(C)N(C)C)nc1. The predicted molar refractivity (Wildman–Crippen MR) is 67.5 cm³/mol. The van der Waals surface area contributed by atoms with Crippen molar-refractivity contribution in [2.75, 3.05) is 20.7 Å². The highest BCUT2D eigenvalue weighted by molar-refractivity contribution is 5.93. The summed E-state index contributed by atoms with van der Waals surface area (Å²) in [4.78, 5) is 17.3. The van der Waals surface area contributed by atoms with Crippen LogP contribution in [0.5, 0.6) is 5.88 Å². The quantitative estimate of drug-likeness (QED) is 0.733. The van der Waals surface area contributed by atoms with E-state index in [1.54, 1.807) is 18.3 Å². The van der Waals surface area contributed by atoms with Crippen molar-refractivity contribution in [2.24, 2.45) is 0 Å². The van der Waals surface area contributed by atoms with Gasteiger partial charge < -0.3 is 9.64 Å². The fraction of sp³-hybridized carbons (Fsp3) is 0.538. The molecule has 0 aliphatic carbocycles. The summed E-state index contributed by atoms with van der Waals surface area (Å²) in [5.74, 6) is 0.558. The van der Waals surface area contributed by atoms with Gasteiger partial charge in [0.05, 0.1) is 0 Å². The molecule has 17 heavy (non-hydrogen) atoms. The highest BCUT2D eigenvalue weighted by Crippen LogP contribution is 2.14. The number of rotatable bonds is 5. The molecular weight excluding hydrogens is 216 g/mol. The molecule has 0 aliphatic rings. The van der Waals surface area contributed by atoms with Crippen LogP contribution in [0.4, 0.5) is 0 Å². The zero-order valence-corrected chi connectivity index (χ0v) is 11.2. The molecule has 0 saturated heterocycles. The van der Waals surface area contributed by atoms with Crippen LogP contribution >= 0.6 is 0 Å². The monoisotopic (exact) mass is 236 g/mol. The number of aromatic nitrogens is 1. The molecule has 1 heterocycles. The largest absolute Gasteiger partial charge is 0.476 e. The molecule has 0 saturated carbocycles. The molecule has 0 unspecified atom stereocenters. The first-order chi connectivity index (χ1) is 7.83. The summed E-state index contributed by atoms with van der Waals surface area (Å²) in [5, 5.41) is 0. The average Bonchev–Trinajstić information content (AvgIpc) is 2.27. The Labute approximate surface area is 103 Å². The molecule has 0 N–H and O–H groups in total. The smallest absolute Gasteiger partial charge is 0.213 e. The van der Waals surface area contributed by atoms with Gasteiger partial charge >= 0.3 is 0 Å². The molecule has 0 spiro atoms. The Balaban J connectivity index is 2.62. The molecule has 4 heteroatoms. The Bertz CT molecular complexity index is 383. The predicted octanol–water partition coefficient (Wildman–Crippen LogP) is 2.00. The summed E-state index contributed by atoms with van der Waals surface area (Å²) in [6.45, 7) is 6.26. The van der Waals surface area contributed by atoms with Crippen LogP contribution in [0.25, 0.3) is 0 Å². The van der Waals surface area contributed by atoms with Gasteiger partial charge in [-0.3, -0.25) is 4.79 Å². The van der Waals surface area contributed by atoms with Crippen molar-refractivity contribution < 1.29 is 9.53 Å². The second-order valence-corrected chi connectivity index (χ2v) is 4.94. The summed E-state index contributed by atoms with van der Waals surface area (Å²) in [6.07, 6.45) is 1.54. The fourth-order valence-corrected chi connectivity index (χ4v) is 1.05. The van der Waals surface area contributed by atoms with Crippen LogP contribution in [-0.4, -0.2) is 41.9 Å². The molecule has 0 radical (unpaired) electrons. The van der Waals surface area contributed by atoms with Crippen molar-refractivity contribution in [3.05, 3.63) is 23.9 Å². The lowest BCUT2D eigenvalue weighted by Crippen LogP contribution is -2.43. The third kappa shape index (κ3) is 3.82. The van der Waals surface area contributed by atoms with E-state index in [0.717, 1.165) is 0 Å². The molecule has 94 valence electrons. The van der Waals surface area contributed by atoms with Crippen LogP contribution in [0, 0.1) is 0 Å². The van der Waals surface area contributed by atoms with E-state index in [1.807, 2.05) is 14.1 Å². The Morgan fingerprint density at radius 2 is 2.06 bits per heavy atom. The molecular formula is C13H20N2O2. The second kappa shape index (κ2) is 5.27. The van der Waals surface area contributed by atoms with Gasteiger partial charge in [-0.05, 0) is 40.9 Å². The zero-order valence-electron chi connectivity index (χ0n) is 11.2. The first-order valence-electron chi connectivity index (χ1n) is 5.60. The van der Waals surface area contributed by atoms with Crippen LogP contribution in [-0.2, 0) is 0 Å². The lowest BCUT2D eigenvalue weighted by atomic mass is 10.1. The Morgan fingerprint density at radius 3 is 2.47 bits per heavy atom. The van der Waals surface area contributed by atoms with Gasteiger partial charge in [0.25, 0.3) is 0 Å². The van der Waals surface area contributed by atoms with Gasteiger partial charge in [-0.25, -0.2) is 4.98 Å². The van der Waals surface area contributed by atoms with Crippen molar-refractivity contribution >= 4 is 5.78 Å². The van der Waals surface area contributed by atoms with E-state index in [1.165, 1.54) is 6.92 Å². The number of ketones is 1. The summed E-state index contributed by atoms with van der Waals surface area (Å²) < 4.78 is 5.60. The van der Waals surface area contributed by atoms with E-state index in [-0.39, 0.29) is 11.3 Å². The summed E-state index contributed by atoms with van der Waals surface area (Å²) >= 11 is 0. The van der Waals surface area contributed by atoms with E-state index >= 15 is 0 Å². The maximum Gasteiger partial charge on any atom is 0.213 e. The fourth-order valence-electron chi connectivity index (χ4n) is 1.05. The normalized spacial score (nSPS) is 11.6. The van der Waals surface area contributed by atoms with E-state index in [2.05, 4.69) is 23.7 Å². The van der Waals surface area contributed by atoms with Crippen LogP contribution in [0.2, 0.25) is 0 Å². The number of hydrogen-bond acceptors (Lipinski definition) is 4. The van der Waals surface area contributed by atoms with E-state index in [9.17, 15) is 4.79 Å². The van der Waals surface area contributed by atoms with Crippen LogP contribution in [0.15, 0.2) is 18.3 Å². The molecule has 0 aliphatic heterocycles. The van der Waals surface area contributed by atoms with Crippen molar-refractivity contribution in [1.82, 2.24) is 9.88 Å². The van der Waals surface area contributed by atoms with Crippen molar-refractivity contribution in [3.8, 4) is 5.88 Å². The number of likely N-dealkylation sites (N-methyl/N-ethyl adjacent to an activating group) is 1. The minimum Gasteiger partial charge on any atom is -0.476 e. The maximum atomic E-state index is 11.1. The number of ether oxygens (including phenoxy) is 1. The number of hydrogen-bond donors (Lipinski definition) is 0. The van der Waals surface area contributed by atoms with Gasteiger partial charge in [0.1, 0.15) is 6.61 Å². The minimum atomic E-state index is -0.0546. The summed E-state index contributed by atoms with van der Waals surface area (Å²) in [5.41, 5.74) is 0.546. The van der Waals surface area contributed by atoms with Gasteiger partial charge in [0.2, 0.25) is 5.88 Å². The molecule has 0 aromatic carbocycles. The average molecular weight is 236 g/mol. The molecule has 0 amide bonds. The topological polar surface area (TPSA) is 42.4 Å². The summed E-state index contributed by atoms with van der Waals surface area (Å²) in [7, 11) is 4.02. The van der Waals surface area contributed by atoms with Crippen molar-refractivity contribution in [1.29, 1.82) is 0 Å². The van der Waals surface area contributed by atoms with E-state index in [4.69, 9.17) is 4.74 Å². The highest BCUT2D eigenvalue weighted by atomic mass is 16.5. The Hall–Kier alpha value is -1.42. The summed E-state index contributed by atoms with van der Waals surface area (Å²) in [6, 6.07) is 3.45. The first kappa shape index (κ1) is 13.6. The first-order valence-corrected chi connectivity index (χ1v) is 5.60. The molecule has 1 aromatic rings. The van der Waals surface area contributed by atoms with Crippen LogP contribution < -0.4 is 4.74 Å². The van der Waals surface area contributed by atoms with Crippen molar-refractivity contribution in [3.63, 3.8) is 0 Å². The third-order valence-electron chi connectivity index (χ3n) is 2.93. The van der Waals surface area contributed by atoms with E-state index < -0.39 is 0 Å². The van der Waals surface area contributed by atoms with Crippen LogP contribution in [0.1, 0.15) is 31.1 Å². The van der Waals surface area contributed by atoms with Gasteiger partial charge in [-0.2, -0.15) is 0 Å². The van der Waals surface area contributed by atoms with Gasteiger partial charge in [0.15, 0.2) is 5.78 Å². The lowest BCUT2D eigenvalue weighted by Gasteiger charge is -2.31. The Kier molecular flexibility index (Phi) is 4.23.